The van der Waals surface area contributed by atoms with Gasteiger partial charge in [-0.05, 0) is 12.1 Å². The molecule has 3 aromatic heterocycles. The topological polar surface area (TPSA) is 138 Å². The van der Waals surface area contributed by atoms with E-state index in [-0.39, 0.29) is 28.2 Å². The minimum Gasteiger partial charge on any atom is -0.324 e. The first-order valence-corrected chi connectivity index (χ1v) is 16.8. The second-order valence-corrected chi connectivity index (χ2v) is 20.9. The molecule has 0 atom stereocenters. The molecule has 4 rings (SSSR count). The molecule has 3 heterocycles. The highest BCUT2D eigenvalue weighted by Crippen LogP contribution is 2.39. The van der Waals surface area contributed by atoms with Gasteiger partial charge in [0.05, 0.1) is 28.6 Å². The van der Waals surface area contributed by atoms with Crippen molar-refractivity contribution in [2.24, 2.45) is 0 Å². The van der Waals surface area contributed by atoms with E-state index >= 15 is 0 Å². The lowest BCUT2D eigenvalue weighted by molar-refractivity contribution is -0.137. The van der Waals surface area contributed by atoms with Crippen LogP contribution in [0.5, 0.6) is 0 Å². The average molecular weight is 567 g/mol. The predicted molar refractivity (Wildman–Crippen MR) is 121 cm³/mol. The van der Waals surface area contributed by atoms with Crippen LogP contribution < -0.4 is 5.56 Å². The zero-order valence-corrected chi connectivity index (χ0v) is 21.0. The number of rotatable bonds is 3. The number of benzene rings is 1. The third kappa shape index (κ3) is 6.17. The molecule has 0 bridgehead atoms. The number of fused-ring (bicyclic) bond motifs is 3. The summed E-state index contributed by atoms with van der Waals surface area (Å²) in [5.41, 5.74) is -2.62. The van der Waals surface area contributed by atoms with Crippen molar-refractivity contribution in [3.05, 3.63) is 52.6 Å². The lowest BCUT2D eigenvalue weighted by Crippen LogP contribution is -2.15. The first-order chi connectivity index (χ1) is 15.0. The zero-order chi connectivity index (χ0) is 24.8. The molecule has 0 radical (unpaired) electrons. The van der Waals surface area contributed by atoms with Crippen LogP contribution >= 0.6 is 22.9 Å². The van der Waals surface area contributed by atoms with Crippen LogP contribution in [0.3, 0.4) is 0 Å². The summed E-state index contributed by atoms with van der Waals surface area (Å²) >= 11 is 3.51. The molecular formula is C17H19BrF3N6O4PSi. The Kier molecular flexibility index (Phi) is 6.74. The van der Waals surface area contributed by atoms with Gasteiger partial charge in [-0.25, -0.2) is 4.98 Å². The molecule has 178 valence electrons. The molecule has 16 heteroatoms. The highest BCUT2D eigenvalue weighted by molar-refractivity contribution is 9.26. The van der Waals surface area contributed by atoms with Crippen LogP contribution in [0.25, 0.3) is 22.4 Å². The van der Waals surface area contributed by atoms with Gasteiger partial charge in [-0.1, -0.05) is 19.6 Å². The molecule has 0 aliphatic heterocycles. The number of nitrogens with zero attached hydrogens (tertiary/aromatic N) is 5. The highest BCUT2D eigenvalue weighted by Gasteiger charge is 2.35. The fourth-order valence-corrected chi connectivity index (χ4v) is 3.46. The predicted octanol–water partition coefficient (Wildman–Crippen LogP) is 3.67. The molecule has 0 saturated carbocycles. The maximum Gasteiger partial charge on any atom is 0.418 e. The molecular weight excluding hydrogens is 548 g/mol. The van der Waals surface area contributed by atoms with Gasteiger partial charge in [-0.3, -0.25) is 13.8 Å². The molecule has 33 heavy (non-hydrogen) atoms. The standard InChI is InChI=1S/C14H10F3N6O4P.C3H9BrSi/c15-14(16,17)7-3-8-10(4-9(7)22-2-1-18-6-22)23-11(5-28(25,26)27)20-21-12(23)13(24)19-8;1-5(2,3)4/h1-4,6H,5H2,(H,19,24)(H2,25,26,27);1-3H3. The molecule has 0 aliphatic carbocycles. The highest BCUT2D eigenvalue weighted by atomic mass is 79.9. The molecule has 3 N–H and O–H groups in total. The Morgan fingerprint density at radius 2 is 1.85 bits per heavy atom. The normalized spacial score (nSPS) is 12.8. The summed E-state index contributed by atoms with van der Waals surface area (Å²) in [4.78, 5) is 36.7. The summed E-state index contributed by atoms with van der Waals surface area (Å²) in [6.45, 7) is 5.93. The summed E-state index contributed by atoms with van der Waals surface area (Å²) < 4.78 is 54.2. The number of aromatic amines is 1. The van der Waals surface area contributed by atoms with Crippen molar-refractivity contribution in [2.75, 3.05) is 0 Å². The number of halogens is 4. The molecule has 0 spiro atoms. The maximum atomic E-state index is 13.6. The summed E-state index contributed by atoms with van der Waals surface area (Å²) in [5.74, 6) is -0.254. The van der Waals surface area contributed by atoms with Gasteiger partial charge in [0.25, 0.3) is 5.56 Å². The Morgan fingerprint density at radius 1 is 1.21 bits per heavy atom. The number of imidazole rings is 1. The molecule has 10 nitrogen and oxygen atoms in total. The van der Waals surface area contributed by atoms with Crippen LogP contribution in [0.2, 0.25) is 19.6 Å². The Morgan fingerprint density at radius 3 is 2.36 bits per heavy atom. The quantitative estimate of drug-likeness (QED) is 0.195. The number of hydrogen-bond acceptors (Lipinski definition) is 5. The Balaban J connectivity index is 0.000000555. The maximum absolute atomic E-state index is 13.6. The molecule has 0 aliphatic rings. The van der Waals surface area contributed by atoms with Crippen molar-refractivity contribution in [2.45, 2.75) is 32.0 Å². The molecule has 0 saturated heterocycles. The molecule has 1 aromatic carbocycles. The van der Waals surface area contributed by atoms with Crippen LogP contribution in [0.15, 0.2) is 35.6 Å². The monoisotopic (exact) mass is 566 g/mol. The van der Waals surface area contributed by atoms with Crippen molar-refractivity contribution in [3.63, 3.8) is 0 Å². The minimum absolute atomic E-state index is 0.0414. The molecule has 4 aromatic rings. The third-order valence-corrected chi connectivity index (χ3v) is 4.67. The fourth-order valence-electron chi connectivity index (χ4n) is 2.89. The summed E-state index contributed by atoms with van der Waals surface area (Å²) in [6, 6.07) is 1.86. The number of aromatic nitrogens is 6. The molecule has 0 amide bonds. The van der Waals surface area contributed by atoms with E-state index in [4.69, 9.17) is 0 Å². The SMILES string of the molecule is C[Si](C)(C)Br.O=c1[nH]c2cc(C(F)(F)F)c(-n3ccnc3)cc2n2c(CP(=O)(O)O)nnc12. The third-order valence-electron chi connectivity index (χ3n) is 3.97. The second-order valence-electron chi connectivity index (χ2n) is 7.97. The van der Waals surface area contributed by atoms with Gasteiger partial charge in [0.15, 0.2) is 0 Å². The fraction of sp³-hybridized carbons (Fsp3) is 0.294. The van der Waals surface area contributed by atoms with Gasteiger partial charge in [-0.15, -0.1) is 25.5 Å². The molecule has 0 unspecified atom stereocenters. The van der Waals surface area contributed by atoms with Crippen molar-refractivity contribution in [3.8, 4) is 5.69 Å². The van der Waals surface area contributed by atoms with Crippen LogP contribution in [0.4, 0.5) is 13.2 Å². The second kappa shape index (κ2) is 8.80. The molecule has 0 fully saturated rings. The average Bonchev–Trinajstić information content (AvgIpc) is 3.28. The number of alkyl halides is 3. The largest absolute Gasteiger partial charge is 0.418 e. The Labute approximate surface area is 193 Å². The van der Waals surface area contributed by atoms with Gasteiger partial charge >= 0.3 is 13.8 Å². The van der Waals surface area contributed by atoms with Crippen LogP contribution in [-0.2, 0) is 16.9 Å². The van der Waals surface area contributed by atoms with Crippen molar-refractivity contribution in [1.29, 1.82) is 0 Å². The van der Waals surface area contributed by atoms with E-state index in [1.165, 1.54) is 18.7 Å². The Hall–Kier alpha value is -2.32. The van der Waals surface area contributed by atoms with Gasteiger partial charge in [0.1, 0.15) is 18.7 Å². The van der Waals surface area contributed by atoms with Crippen molar-refractivity contribution >= 4 is 46.3 Å². The van der Waals surface area contributed by atoms with Gasteiger partial charge in [0.2, 0.25) is 5.65 Å². The van der Waals surface area contributed by atoms with E-state index in [1.807, 2.05) is 0 Å². The zero-order valence-electron chi connectivity index (χ0n) is 17.5. The lowest BCUT2D eigenvalue weighted by Gasteiger charge is -2.15. The van der Waals surface area contributed by atoms with E-state index in [1.54, 1.807) is 0 Å². The minimum atomic E-state index is -4.73. The van der Waals surface area contributed by atoms with E-state index in [2.05, 4.69) is 55.1 Å². The first-order valence-electron chi connectivity index (χ1n) is 9.27. The summed E-state index contributed by atoms with van der Waals surface area (Å²) in [7, 11) is -4.58. The van der Waals surface area contributed by atoms with Gasteiger partial charge in [0, 0.05) is 12.4 Å². The lowest BCUT2D eigenvalue weighted by atomic mass is 10.1. The summed E-state index contributed by atoms with van der Waals surface area (Å²) in [6.07, 6.45) is -1.80. The number of H-pyrrole nitrogens is 1. The van der Waals surface area contributed by atoms with E-state index < -0.39 is 37.7 Å². The van der Waals surface area contributed by atoms with Gasteiger partial charge < -0.3 is 19.3 Å². The van der Waals surface area contributed by atoms with Gasteiger partial charge in [-0.2, -0.15) is 13.2 Å². The number of nitrogens with one attached hydrogen (secondary N) is 1. The van der Waals surface area contributed by atoms with Crippen LogP contribution in [0.1, 0.15) is 11.4 Å². The smallest absolute Gasteiger partial charge is 0.324 e. The van der Waals surface area contributed by atoms with Crippen LogP contribution in [-0.4, -0.2) is 45.6 Å². The van der Waals surface area contributed by atoms with E-state index in [9.17, 15) is 32.3 Å². The van der Waals surface area contributed by atoms with Crippen LogP contribution in [0, 0.1) is 0 Å². The van der Waals surface area contributed by atoms with Crippen molar-refractivity contribution in [1.82, 2.24) is 29.1 Å². The Bertz CT molecular complexity index is 1400. The number of hydrogen-bond donors (Lipinski definition) is 3. The first kappa shape index (κ1) is 25.3. The summed E-state index contributed by atoms with van der Waals surface area (Å²) in [5, 5.41) is 7.22. The van der Waals surface area contributed by atoms with Crippen molar-refractivity contribution < 1.29 is 27.5 Å². The van der Waals surface area contributed by atoms with E-state index in [0.717, 1.165) is 21.1 Å². The van der Waals surface area contributed by atoms with E-state index in [0.29, 0.717) is 0 Å².